The first-order chi connectivity index (χ1) is 26.3. The molecule has 3 aliphatic heterocycles. The number of fused-ring (bicyclic) bond motifs is 3. The van der Waals surface area contributed by atoms with Gasteiger partial charge in [-0.1, -0.05) is 44.2 Å². The fraction of sp³-hybridized carbons (Fsp3) is 0.684. The van der Waals surface area contributed by atoms with Gasteiger partial charge in [-0.2, -0.15) is 18.2 Å². The van der Waals surface area contributed by atoms with Gasteiger partial charge in [-0.15, -0.1) is 0 Å². The highest BCUT2D eigenvalue weighted by Gasteiger charge is 2.62. The van der Waals surface area contributed by atoms with Crippen molar-refractivity contribution in [2.75, 3.05) is 13.1 Å². The fourth-order valence-corrected chi connectivity index (χ4v) is 9.31. The highest BCUT2D eigenvalue weighted by atomic mass is 32.2. The van der Waals surface area contributed by atoms with Crippen LogP contribution in [0.3, 0.4) is 0 Å². The molecule has 3 heterocycles. The first-order valence-electron chi connectivity index (χ1n) is 19.4. The molecule has 5 amide bonds. The number of carbonyl (C=O) groups excluding carboxylic acids is 5. The molecular weight excluding hydrogens is 760 g/mol. The number of carbonyl (C=O) groups is 5. The number of halogens is 3. The second kappa shape index (κ2) is 16.0. The molecule has 2 saturated carbocycles. The number of rotatable bonds is 5. The molecule has 14 nitrogen and oxygen atoms in total. The Balaban J connectivity index is 1.25. The summed E-state index contributed by atoms with van der Waals surface area (Å²) in [6.45, 7) is 4.47. The summed E-state index contributed by atoms with van der Waals surface area (Å²) in [5.74, 6) is -3.50. The van der Waals surface area contributed by atoms with Gasteiger partial charge in [0.15, 0.2) is 0 Å². The molecule has 1 unspecified atom stereocenters. The molecule has 4 fully saturated rings. The zero-order valence-electron chi connectivity index (χ0n) is 31.9. The van der Waals surface area contributed by atoms with Crippen molar-refractivity contribution in [3.8, 4) is 0 Å². The summed E-state index contributed by atoms with van der Waals surface area (Å²) in [5.41, 5.74) is -2.78. The molecule has 308 valence electrons. The molecule has 2 N–H and O–H groups in total. The summed E-state index contributed by atoms with van der Waals surface area (Å²) >= 11 is 0. The molecular formula is C38H50F3N5O9S. The Labute approximate surface area is 324 Å². The van der Waals surface area contributed by atoms with Crippen LogP contribution in [-0.2, 0) is 53.0 Å². The third-order valence-corrected chi connectivity index (χ3v) is 13.0. The van der Waals surface area contributed by atoms with Crippen LogP contribution >= 0.6 is 0 Å². The van der Waals surface area contributed by atoms with Crippen LogP contribution in [0.4, 0.5) is 22.8 Å². The number of ether oxygens (including phenoxy) is 2. The lowest BCUT2D eigenvalue weighted by atomic mass is 9.95. The number of amides is 5. The van der Waals surface area contributed by atoms with E-state index in [4.69, 9.17) is 9.47 Å². The Bertz CT molecular complexity index is 1860. The number of hydrogen-bond donors (Lipinski definition) is 2. The number of aliphatic imine (C=N–C) groups is 1. The minimum absolute atomic E-state index is 0.0322. The van der Waals surface area contributed by atoms with Gasteiger partial charge in [-0.05, 0) is 82.4 Å². The molecule has 2 aliphatic carbocycles. The van der Waals surface area contributed by atoms with E-state index in [1.54, 1.807) is 26.8 Å². The van der Waals surface area contributed by atoms with Gasteiger partial charge in [0, 0.05) is 25.7 Å². The second-order valence-electron chi connectivity index (χ2n) is 16.6. The minimum atomic E-state index is -4.63. The normalized spacial score (nSPS) is 27.9. The average Bonchev–Trinajstić information content (AvgIpc) is 4.04. The maximum Gasteiger partial charge on any atom is 0.433 e. The third-order valence-electron chi connectivity index (χ3n) is 11.1. The van der Waals surface area contributed by atoms with Crippen molar-refractivity contribution in [3.05, 3.63) is 34.9 Å². The van der Waals surface area contributed by atoms with Gasteiger partial charge in [0.2, 0.25) is 21.8 Å². The van der Waals surface area contributed by atoms with Gasteiger partial charge in [0.1, 0.15) is 23.3 Å². The second-order valence-corrected chi connectivity index (χ2v) is 18.6. The van der Waals surface area contributed by atoms with Crippen molar-refractivity contribution >= 4 is 46.1 Å². The number of alkyl halides is 3. The highest BCUT2D eigenvalue weighted by Crippen LogP contribution is 2.48. The van der Waals surface area contributed by atoms with Gasteiger partial charge in [0.25, 0.3) is 5.91 Å². The Kier molecular flexibility index (Phi) is 11.8. The summed E-state index contributed by atoms with van der Waals surface area (Å²) < 4.78 is 80.4. The minimum Gasteiger partial charge on any atom is -0.444 e. The molecule has 0 aromatic heterocycles. The van der Waals surface area contributed by atoms with Crippen molar-refractivity contribution in [3.63, 3.8) is 0 Å². The highest BCUT2D eigenvalue weighted by molar-refractivity contribution is 7.91. The van der Waals surface area contributed by atoms with E-state index < -0.39 is 86.1 Å². The molecule has 5 aliphatic rings. The zero-order chi connectivity index (χ0) is 40.6. The van der Waals surface area contributed by atoms with E-state index in [2.05, 4.69) is 15.0 Å². The number of nitrogens with zero attached hydrogens (tertiary/aromatic N) is 3. The maximum atomic E-state index is 14.4. The van der Waals surface area contributed by atoms with Crippen molar-refractivity contribution in [2.24, 2.45) is 16.8 Å². The summed E-state index contributed by atoms with van der Waals surface area (Å²) in [7, 11) is -3.94. The van der Waals surface area contributed by atoms with Gasteiger partial charge >= 0.3 is 18.4 Å². The number of benzene rings is 1. The van der Waals surface area contributed by atoms with Crippen LogP contribution in [0.5, 0.6) is 0 Å². The molecule has 0 radical (unpaired) electrons. The first kappa shape index (κ1) is 41.4. The van der Waals surface area contributed by atoms with Crippen LogP contribution in [0.2, 0.25) is 0 Å². The van der Waals surface area contributed by atoms with Crippen LogP contribution in [0.1, 0.15) is 108 Å². The molecule has 0 bridgehead atoms. The zero-order valence-corrected chi connectivity index (χ0v) is 32.7. The van der Waals surface area contributed by atoms with E-state index in [0.717, 1.165) is 36.6 Å². The van der Waals surface area contributed by atoms with E-state index in [9.17, 15) is 45.6 Å². The van der Waals surface area contributed by atoms with Gasteiger partial charge < -0.3 is 24.6 Å². The van der Waals surface area contributed by atoms with Crippen molar-refractivity contribution in [2.45, 2.75) is 139 Å². The average molecular weight is 810 g/mol. The SMILES string of the molecule is CC(C)(C)OC(=O)N=CC1CCCCCCC[C@@H]2C[C@@]2(C(=O)NS(=O)(=O)C2CC2)NC(=O)[C@@H]2C[C@@H](OC(=O)N3CCc4cccc(C(F)(F)F)c4C3)CN2C1=O. The Hall–Kier alpha value is -4.22. The number of hydrogen-bond acceptors (Lipinski definition) is 9. The standard InChI is InChI=1S/C38H50F3N5O9S/c1-36(2,3)55-34(50)42-20-24-10-7-5-4-6-8-12-25-19-37(25,33(49)44-56(52,53)27-14-15-27)43-31(47)30-18-26(21-46(30)32(24)48)54-35(51)45-17-16-23-11-9-13-29(28(23)22-45)38(39,40)41/h9,11,13,20,24-27,30H,4-8,10,12,14-19,21-22H2,1-3H3,(H,43,47)(H,44,49)/t24?,25-,26-,30+,37-/m1/s1. The van der Waals surface area contributed by atoms with Crippen molar-refractivity contribution < 1.29 is 55.0 Å². The maximum absolute atomic E-state index is 14.4. The van der Waals surface area contributed by atoms with Gasteiger partial charge in [0.05, 0.1) is 23.3 Å². The monoisotopic (exact) mass is 809 g/mol. The quantitative estimate of drug-likeness (QED) is 0.386. The van der Waals surface area contributed by atoms with Crippen molar-refractivity contribution in [1.82, 2.24) is 19.8 Å². The summed E-state index contributed by atoms with van der Waals surface area (Å²) in [4.78, 5) is 74.6. The van der Waals surface area contributed by atoms with E-state index in [1.165, 1.54) is 17.2 Å². The lowest BCUT2D eigenvalue weighted by Gasteiger charge is -2.31. The predicted molar refractivity (Wildman–Crippen MR) is 196 cm³/mol. The van der Waals surface area contributed by atoms with E-state index in [0.29, 0.717) is 31.2 Å². The molecule has 1 aromatic carbocycles. The summed E-state index contributed by atoms with van der Waals surface area (Å²) in [5, 5.41) is 2.12. The van der Waals surface area contributed by atoms with Gasteiger partial charge in [-0.3, -0.25) is 19.1 Å². The van der Waals surface area contributed by atoms with E-state index >= 15 is 0 Å². The smallest absolute Gasteiger partial charge is 0.433 e. The third kappa shape index (κ3) is 9.65. The number of nitrogens with one attached hydrogen (secondary N) is 2. The Morgan fingerprint density at radius 2 is 1.71 bits per heavy atom. The van der Waals surface area contributed by atoms with E-state index in [1.807, 2.05) is 0 Å². The number of sulfonamides is 1. The van der Waals surface area contributed by atoms with Crippen molar-refractivity contribution in [1.29, 1.82) is 0 Å². The van der Waals surface area contributed by atoms with Crippen LogP contribution in [0.15, 0.2) is 23.2 Å². The van der Waals surface area contributed by atoms with Gasteiger partial charge in [-0.25, -0.2) is 18.0 Å². The Morgan fingerprint density at radius 1 is 1.02 bits per heavy atom. The van der Waals surface area contributed by atoms with Crippen LogP contribution in [-0.4, -0.2) is 96.0 Å². The summed E-state index contributed by atoms with van der Waals surface area (Å²) in [6, 6.07) is 2.59. The molecule has 1 aromatic rings. The van der Waals surface area contributed by atoms with Crippen LogP contribution in [0.25, 0.3) is 0 Å². The van der Waals surface area contributed by atoms with Crippen LogP contribution < -0.4 is 10.0 Å². The summed E-state index contributed by atoms with van der Waals surface area (Å²) in [6.07, 6.45) is -0.795. The topological polar surface area (TPSA) is 181 Å². The molecule has 5 atom stereocenters. The first-order valence-corrected chi connectivity index (χ1v) is 20.9. The molecule has 2 saturated heterocycles. The molecule has 18 heteroatoms. The fourth-order valence-electron chi connectivity index (χ4n) is 7.94. The lowest BCUT2D eigenvalue weighted by Crippen LogP contribution is -2.57. The van der Waals surface area contributed by atoms with E-state index in [-0.39, 0.29) is 56.8 Å². The van der Waals surface area contributed by atoms with Crippen LogP contribution in [0, 0.1) is 11.8 Å². The largest absolute Gasteiger partial charge is 0.444 e. The molecule has 0 spiro atoms. The predicted octanol–water partition coefficient (Wildman–Crippen LogP) is 5.02. The Morgan fingerprint density at radius 3 is 2.39 bits per heavy atom. The molecule has 6 rings (SSSR count). The molecule has 56 heavy (non-hydrogen) atoms. The lowest BCUT2D eigenvalue weighted by molar-refractivity contribution is -0.141.